The molecule has 2 aromatic carbocycles. The number of rotatable bonds is 6. The molecule has 4 rings (SSSR count). The fourth-order valence-electron chi connectivity index (χ4n) is 3.87. The molecular weight excluding hydrogens is 340 g/mol. The molecular formula is C22H24N2O3. The number of fused-ring (bicyclic) bond motifs is 1. The Labute approximate surface area is 158 Å². The largest absolute Gasteiger partial charge is 0.497 e. The molecule has 1 aromatic heterocycles. The zero-order valence-electron chi connectivity index (χ0n) is 15.5. The minimum atomic E-state index is -0.893. The molecule has 0 radical (unpaired) electrons. The van der Waals surface area contributed by atoms with Crippen LogP contribution in [-0.2, 0) is 13.1 Å². The maximum atomic E-state index is 11.4. The third kappa shape index (κ3) is 3.69. The number of carbonyl (C=O) groups is 1. The molecule has 0 unspecified atom stereocenters. The number of methoxy groups -OCH3 is 1. The smallest absolute Gasteiger partial charge is 0.335 e. The first-order valence-electron chi connectivity index (χ1n) is 9.34. The highest BCUT2D eigenvalue weighted by Crippen LogP contribution is 2.26. The van der Waals surface area contributed by atoms with Crippen LogP contribution in [0.25, 0.3) is 10.9 Å². The quantitative estimate of drug-likeness (QED) is 0.718. The Morgan fingerprint density at radius 2 is 1.81 bits per heavy atom. The Hall–Kier alpha value is -2.79. The van der Waals surface area contributed by atoms with Gasteiger partial charge >= 0.3 is 5.97 Å². The maximum absolute atomic E-state index is 11.4. The summed E-state index contributed by atoms with van der Waals surface area (Å²) in [6.45, 7) is 3.89. The molecule has 2 heterocycles. The van der Waals surface area contributed by atoms with Crippen molar-refractivity contribution < 1.29 is 14.6 Å². The van der Waals surface area contributed by atoms with E-state index in [9.17, 15) is 9.90 Å². The second kappa shape index (κ2) is 7.45. The molecule has 0 aliphatic carbocycles. The molecule has 0 saturated carbocycles. The first-order chi connectivity index (χ1) is 13.1. The third-order valence-electron chi connectivity index (χ3n) is 5.32. The lowest BCUT2D eigenvalue weighted by atomic mass is 10.1. The molecule has 140 valence electrons. The van der Waals surface area contributed by atoms with Gasteiger partial charge in [-0.15, -0.1) is 0 Å². The summed E-state index contributed by atoms with van der Waals surface area (Å²) in [6.07, 6.45) is 4.69. The van der Waals surface area contributed by atoms with Crippen LogP contribution in [0.5, 0.6) is 5.75 Å². The van der Waals surface area contributed by atoms with Gasteiger partial charge in [0.2, 0.25) is 0 Å². The van der Waals surface area contributed by atoms with Crippen molar-refractivity contribution in [2.75, 3.05) is 20.2 Å². The second-order valence-electron chi connectivity index (χ2n) is 7.15. The highest BCUT2D eigenvalue weighted by molar-refractivity contribution is 5.94. The van der Waals surface area contributed by atoms with Crippen LogP contribution in [0.1, 0.15) is 34.3 Å². The van der Waals surface area contributed by atoms with Crippen LogP contribution < -0.4 is 4.74 Å². The first-order valence-corrected chi connectivity index (χ1v) is 9.34. The number of aromatic carboxylic acids is 1. The number of hydrogen-bond donors (Lipinski definition) is 1. The average molecular weight is 364 g/mol. The third-order valence-corrected chi connectivity index (χ3v) is 5.32. The minimum absolute atomic E-state index is 0.323. The molecule has 5 nitrogen and oxygen atoms in total. The van der Waals surface area contributed by atoms with E-state index < -0.39 is 5.97 Å². The fraction of sp³-hybridized carbons (Fsp3) is 0.318. The monoisotopic (exact) mass is 364 g/mol. The van der Waals surface area contributed by atoms with E-state index in [2.05, 4.69) is 15.7 Å². The van der Waals surface area contributed by atoms with Crippen LogP contribution in [0.15, 0.2) is 48.7 Å². The van der Waals surface area contributed by atoms with Gasteiger partial charge in [-0.25, -0.2) is 4.79 Å². The molecule has 1 aliphatic heterocycles. The van der Waals surface area contributed by atoms with Gasteiger partial charge in [0.1, 0.15) is 5.75 Å². The highest BCUT2D eigenvalue weighted by Gasteiger charge is 2.17. The van der Waals surface area contributed by atoms with Crippen molar-refractivity contribution in [3.63, 3.8) is 0 Å². The van der Waals surface area contributed by atoms with E-state index >= 15 is 0 Å². The predicted molar refractivity (Wildman–Crippen MR) is 106 cm³/mol. The van der Waals surface area contributed by atoms with Crippen LogP contribution in [0.3, 0.4) is 0 Å². The van der Waals surface area contributed by atoms with E-state index in [-0.39, 0.29) is 0 Å². The van der Waals surface area contributed by atoms with Crippen molar-refractivity contribution in [3.8, 4) is 5.75 Å². The van der Waals surface area contributed by atoms with Gasteiger partial charge in [0.05, 0.1) is 12.7 Å². The molecule has 3 aromatic rings. The van der Waals surface area contributed by atoms with E-state index in [1.807, 2.05) is 30.3 Å². The number of carboxylic acid groups (broad SMARTS) is 1. The number of ether oxygens (including phenoxy) is 1. The molecule has 0 amide bonds. The minimum Gasteiger partial charge on any atom is -0.497 e. The lowest BCUT2D eigenvalue weighted by molar-refractivity contribution is 0.0697. The molecule has 27 heavy (non-hydrogen) atoms. The molecule has 0 atom stereocenters. The summed E-state index contributed by atoms with van der Waals surface area (Å²) >= 11 is 0. The van der Waals surface area contributed by atoms with Gasteiger partial charge in [-0.05, 0) is 61.3 Å². The maximum Gasteiger partial charge on any atom is 0.335 e. The zero-order chi connectivity index (χ0) is 18.8. The number of carboxylic acids is 1. The molecule has 1 aliphatic rings. The van der Waals surface area contributed by atoms with Gasteiger partial charge in [0.15, 0.2) is 0 Å². The van der Waals surface area contributed by atoms with Crippen molar-refractivity contribution in [1.82, 2.24) is 9.47 Å². The molecule has 0 bridgehead atoms. The summed E-state index contributed by atoms with van der Waals surface area (Å²) in [5, 5.41) is 10.5. The normalized spacial score (nSPS) is 14.7. The molecule has 5 heteroatoms. The van der Waals surface area contributed by atoms with Crippen molar-refractivity contribution >= 4 is 16.9 Å². The lowest BCUT2D eigenvalue weighted by Gasteiger charge is -2.13. The lowest BCUT2D eigenvalue weighted by Crippen LogP contribution is -2.18. The summed E-state index contributed by atoms with van der Waals surface area (Å²) in [5.41, 5.74) is 3.71. The standard InChI is InChI=1S/C22H24N2O3/c1-27-19-7-4-16(5-8-19)13-24-15-18(14-23-10-2-3-11-23)20-9-6-17(22(25)26)12-21(20)24/h4-9,12,15H,2-3,10-11,13-14H2,1H3,(H,25,26). The van der Waals surface area contributed by atoms with Crippen LogP contribution in [0, 0.1) is 0 Å². The first kappa shape index (κ1) is 17.6. The number of aromatic nitrogens is 1. The number of hydrogen-bond acceptors (Lipinski definition) is 3. The summed E-state index contributed by atoms with van der Waals surface area (Å²) in [7, 11) is 1.66. The Morgan fingerprint density at radius 1 is 1.07 bits per heavy atom. The van der Waals surface area contributed by atoms with E-state index in [1.54, 1.807) is 19.2 Å². The van der Waals surface area contributed by atoms with Crippen molar-refractivity contribution in [2.45, 2.75) is 25.9 Å². The van der Waals surface area contributed by atoms with Gasteiger partial charge in [-0.1, -0.05) is 18.2 Å². The fourth-order valence-corrected chi connectivity index (χ4v) is 3.87. The molecule has 0 spiro atoms. The Kier molecular flexibility index (Phi) is 4.86. The van der Waals surface area contributed by atoms with Crippen molar-refractivity contribution in [2.24, 2.45) is 0 Å². The van der Waals surface area contributed by atoms with Gasteiger partial charge in [-0.3, -0.25) is 4.90 Å². The predicted octanol–water partition coefficient (Wildman–Crippen LogP) is 3.99. The Bertz CT molecular complexity index is 954. The van der Waals surface area contributed by atoms with Crippen LogP contribution in [-0.4, -0.2) is 40.7 Å². The van der Waals surface area contributed by atoms with Gasteiger partial charge in [0, 0.05) is 30.2 Å². The average Bonchev–Trinajstić information content (AvgIpc) is 3.31. The topological polar surface area (TPSA) is 54.7 Å². The van der Waals surface area contributed by atoms with Gasteiger partial charge in [0.25, 0.3) is 0 Å². The van der Waals surface area contributed by atoms with Crippen LogP contribution in [0.2, 0.25) is 0 Å². The summed E-state index contributed by atoms with van der Waals surface area (Å²) in [6, 6.07) is 13.4. The Balaban J connectivity index is 1.71. The van der Waals surface area contributed by atoms with Crippen LogP contribution >= 0.6 is 0 Å². The highest BCUT2D eigenvalue weighted by atomic mass is 16.5. The van der Waals surface area contributed by atoms with Crippen molar-refractivity contribution in [3.05, 3.63) is 65.4 Å². The van der Waals surface area contributed by atoms with Crippen LogP contribution in [0.4, 0.5) is 0 Å². The summed E-state index contributed by atoms with van der Waals surface area (Å²) < 4.78 is 7.39. The van der Waals surface area contributed by atoms with Gasteiger partial charge < -0.3 is 14.4 Å². The summed E-state index contributed by atoms with van der Waals surface area (Å²) in [4.78, 5) is 13.9. The zero-order valence-corrected chi connectivity index (χ0v) is 15.5. The van der Waals surface area contributed by atoms with E-state index in [4.69, 9.17) is 4.74 Å². The van der Waals surface area contributed by atoms with Gasteiger partial charge in [-0.2, -0.15) is 0 Å². The summed E-state index contributed by atoms with van der Waals surface area (Å²) in [5.74, 6) is -0.0609. The SMILES string of the molecule is COc1ccc(Cn2cc(CN3CCCC3)c3ccc(C(=O)O)cc32)cc1. The second-order valence-corrected chi connectivity index (χ2v) is 7.15. The number of nitrogens with zero attached hydrogens (tertiary/aromatic N) is 2. The molecule has 1 N–H and O–H groups in total. The molecule has 1 fully saturated rings. The molecule has 1 saturated heterocycles. The van der Waals surface area contributed by atoms with E-state index in [1.165, 1.54) is 18.4 Å². The van der Waals surface area contributed by atoms with E-state index in [0.717, 1.165) is 41.9 Å². The van der Waals surface area contributed by atoms with Crippen molar-refractivity contribution in [1.29, 1.82) is 0 Å². The van der Waals surface area contributed by atoms with E-state index in [0.29, 0.717) is 12.1 Å². The number of benzene rings is 2. The Morgan fingerprint density at radius 3 is 2.48 bits per heavy atom. The number of likely N-dealkylation sites (tertiary alicyclic amines) is 1.